The SMILES string of the molecule is CN=C(NCCN1CCN(c2ccc(F)cc2)CC1)N1CCC(OCCCOC)CC1.I. The molecule has 1 aromatic carbocycles. The molecule has 2 heterocycles. The van der Waals surface area contributed by atoms with Gasteiger partial charge in [0, 0.05) is 85.4 Å². The maximum Gasteiger partial charge on any atom is 0.193 e. The van der Waals surface area contributed by atoms with Crippen molar-refractivity contribution in [1.29, 1.82) is 0 Å². The average molecular weight is 564 g/mol. The molecule has 0 unspecified atom stereocenters. The molecule has 2 aliphatic heterocycles. The van der Waals surface area contributed by atoms with Crippen molar-refractivity contribution in [3.05, 3.63) is 30.1 Å². The van der Waals surface area contributed by atoms with Crippen LogP contribution < -0.4 is 10.2 Å². The second-order valence-electron chi connectivity index (χ2n) is 8.18. The monoisotopic (exact) mass is 563 g/mol. The highest BCUT2D eigenvalue weighted by atomic mass is 127. The molecule has 0 saturated carbocycles. The Bertz CT molecular complexity index is 663. The first kappa shape index (κ1) is 27.1. The number of halogens is 2. The molecule has 0 atom stereocenters. The fourth-order valence-electron chi connectivity index (χ4n) is 4.23. The molecule has 0 aromatic heterocycles. The lowest BCUT2D eigenvalue weighted by molar-refractivity contribution is 0.00990. The Balaban J connectivity index is 0.00000363. The molecule has 0 amide bonds. The Morgan fingerprint density at radius 1 is 1.06 bits per heavy atom. The normalized spacial score (nSPS) is 18.5. The quantitative estimate of drug-likeness (QED) is 0.216. The van der Waals surface area contributed by atoms with Crippen LogP contribution in [0.25, 0.3) is 0 Å². The van der Waals surface area contributed by atoms with Crippen LogP contribution in [0.1, 0.15) is 19.3 Å². The van der Waals surface area contributed by atoms with Gasteiger partial charge in [-0.3, -0.25) is 9.89 Å². The number of aliphatic imine (C=N–C) groups is 1. The third kappa shape index (κ3) is 8.64. The van der Waals surface area contributed by atoms with Crippen molar-refractivity contribution in [3.8, 4) is 0 Å². The van der Waals surface area contributed by atoms with Crippen LogP contribution in [-0.4, -0.2) is 102 Å². The first-order valence-electron chi connectivity index (χ1n) is 11.5. The molecule has 2 saturated heterocycles. The molecule has 32 heavy (non-hydrogen) atoms. The van der Waals surface area contributed by atoms with Crippen molar-refractivity contribution in [1.82, 2.24) is 15.1 Å². The van der Waals surface area contributed by atoms with Gasteiger partial charge < -0.3 is 24.6 Å². The predicted octanol–water partition coefficient (Wildman–Crippen LogP) is 2.66. The lowest BCUT2D eigenvalue weighted by atomic mass is 10.1. The molecule has 2 aliphatic rings. The second kappa shape index (κ2) is 14.9. The summed E-state index contributed by atoms with van der Waals surface area (Å²) in [6, 6.07) is 6.80. The molecule has 9 heteroatoms. The summed E-state index contributed by atoms with van der Waals surface area (Å²) in [5, 5.41) is 3.53. The van der Waals surface area contributed by atoms with Crippen molar-refractivity contribution in [2.75, 3.05) is 84.6 Å². The number of likely N-dealkylation sites (tertiary alicyclic amines) is 1. The van der Waals surface area contributed by atoms with Gasteiger partial charge in [-0.05, 0) is 43.5 Å². The summed E-state index contributed by atoms with van der Waals surface area (Å²) in [4.78, 5) is 11.6. The van der Waals surface area contributed by atoms with Crippen molar-refractivity contribution < 1.29 is 13.9 Å². The maximum atomic E-state index is 13.1. The van der Waals surface area contributed by atoms with Gasteiger partial charge in [0.1, 0.15) is 5.82 Å². The van der Waals surface area contributed by atoms with E-state index >= 15 is 0 Å². The summed E-state index contributed by atoms with van der Waals surface area (Å²) < 4.78 is 24.2. The summed E-state index contributed by atoms with van der Waals surface area (Å²) in [5.41, 5.74) is 1.10. The zero-order chi connectivity index (χ0) is 21.9. The number of hydrogen-bond acceptors (Lipinski definition) is 5. The standard InChI is InChI=1S/C23H38FN5O2.HI/c1-25-23(29-11-8-22(9-12-29)31-19-3-18-30-2)26-10-13-27-14-16-28(17-15-27)21-6-4-20(24)5-7-21;/h4-7,22H,3,8-19H2,1-2H3,(H,25,26);1H. The fraction of sp³-hybridized carbons (Fsp3) is 0.696. The van der Waals surface area contributed by atoms with E-state index in [1.54, 1.807) is 7.11 Å². The largest absolute Gasteiger partial charge is 0.385 e. The van der Waals surface area contributed by atoms with Gasteiger partial charge in [-0.1, -0.05) is 0 Å². The third-order valence-electron chi connectivity index (χ3n) is 6.07. The van der Waals surface area contributed by atoms with Gasteiger partial charge in [0.15, 0.2) is 5.96 Å². The summed E-state index contributed by atoms with van der Waals surface area (Å²) in [7, 11) is 3.59. The number of nitrogens with zero attached hydrogens (tertiary/aromatic N) is 4. The van der Waals surface area contributed by atoms with Crippen LogP contribution in [0.2, 0.25) is 0 Å². The minimum atomic E-state index is -0.180. The van der Waals surface area contributed by atoms with Gasteiger partial charge in [-0.15, -0.1) is 24.0 Å². The Labute approximate surface area is 209 Å². The summed E-state index contributed by atoms with van der Waals surface area (Å²) in [6.45, 7) is 9.35. The molecular formula is C23H39FIN5O2. The number of benzene rings is 1. The molecule has 3 rings (SSSR count). The summed E-state index contributed by atoms with van der Waals surface area (Å²) in [5.74, 6) is 0.809. The van der Waals surface area contributed by atoms with Gasteiger partial charge in [0.05, 0.1) is 6.10 Å². The predicted molar refractivity (Wildman–Crippen MR) is 139 cm³/mol. The van der Waals surface area contributed by atoms with Crippen molar-refractivity contribution >= 4 is 35.6 Å². The number of anilines is 1. The lowest BCUT2D eigenvalue weighted by Crippen LogP contribution is -2.51. The van der Waals surface area contributed by atoms with E-state index < -0.39 is 0 Å². The molecule has 0 aliphatic carbocycles. The van der Waals surface area contributed by atoms with E-state index in [1.807, 2.05) is 19.2 Å². The van der Waals surface area contributed by atoms with E-state index in [4.69, 9.17) is 9.47 Å². The molecule has 0 spiro atoms. The van der Waals surface area contributed by atoms with Crippen LogP contribution in [-0.2, 0) is 9.47 Å². The highest BCUT2D eigenvalue weighted by Gasteiger charge is 2.22. The molecule has 1 aromatic rings. The van der Waals surface area contributed by atoms with Crippen molar-refractivity contribution in [3.63, 3.8) is 0 Å². The van der Waals surface area contributed by atoms with Gasteiger partial charge in [-0.2, -0.15) is 0 Å². The molecule has 2 fully saturated rings. The first-order chi connectivity index (χ1) is 15.2. The number of piperazine rings is 1. The number of piperidine rings is 1. The summed E-state index contributed by atoms with van der Waals surface area (Å²) >= 11 is 0. The highest BCUT2D eigenvalue weighted by molar-refractivity contribution is 14.0. The number of rotatable bonds is 9. The average Bonchev–Trinajstić information content (AvgIpc) is 2.81. The van der Waals surface area contributed by atoms with E-state index in [0.717, 1.165) is 96.5 Å². The van der Waals surface area contributed by atoms with Crippen LogP contribution in [0.5, 0.6) is 0 Å². The Morgan fingerprint density at radius 3 is 2.38 bits per heavy atom. The van der Waals surface area contributed by atoms with E-state index in [0.29, 0.717) is 6.10 Å². The van der Waals surface area contributed by atoms with Crippen LogP contribution in [0.3, 0.4) is 0 Å². The molecule has 7 nitrogen and oxygen atoms in total. The van der Waals surface area contributed by atoms with Gasteiger partial charge >= 0.3 is 0 Å². The Morgan fingerprint density at radius 2 is 1.75 bits per heavy atom. The molecule has 182 valence electrons. The second-order valence-corrected chi connectivity index (χ2v) is 8.18. The topological polar surface area (TPSA) is 52.6 Å². The van der Waals surface area contributed by atoms with E-state index in [1.165, 1.54) is 12.1 Å². The number of ether oxygens (including phenoxy) is 2. The molecule has 1 N–H and O–H groups in total. The van der Waals surface area contributed by atoms with Gasteiger partial charge in [0.2, 0.25) is 0 Å². The molecule has 0 radical (unpaired) electrons. The Kier molecular flexibility index (Phi) is 12.6. The molecular weight excluding hydrogens is 524 g/mol. The third-order valence-corrected chi connectivity index (χ3v) is 6.07. The minimum absolute atomic E-state index is 0. The number of methoxy groups -OCH3 is 1. The number of hydrogen-bond donors (Lipinski definition) is 1. The zero-order valence-electron chi connectivity index (χ0n) is 19.5. The smallest absolute Gasteiger partial charge is 0.193 e. The van der Waals surface area contributed by atoms with Gasteiger partial charge in [-0.25, -0.2) is 4.39 Å². The lowest BCUT2D eigenvalue weighted by Gasteiger charge is -2.37. The fourth-order valence-corrected chi connectivity index (χ4v) is 4.23. The molecule has 0 bridgehead atoms. The van der Waals surface area contributed by atoms with Crippen molar-refractivity contribution in [2.45, 2.75) is 25.4 Å². The van der Waals surface area contributed by atoms with Gasteiger partial charge in [0.25, 0.3) is 0 Å². The first-order valence-corrected chi connectivity index (χ1v) is 11.5. The highest BCUT2D eigenvalue weighted by Crippen LogP contribution is 2.17. The van der Waals surface area contributed by atoms with Crippen LogP contribution in [0.15, 0.2) is 29.3 Å². The summed E-state index contributed by atoms with van der Waals surface area (Å²) in [6.07, 6.45) is 3.39. The number of guanidine groups is 1. The van der Waals surface area contributed by atoms with E-state index in [-0.39, 0.29) is 29.8 Å². The maximum absolute atomic E-state index is 13.1. The number of nitrogens with one attached hydrogen (secondary N) is 1. The van der Waals surface area contributed by atoms with Crippen LogP contribution in [0.4, 0.5) is 10.1 Å². The minimum Gasteiger partial charge on any atom is -0.385 e. The van der Waals surface area contributed by atoms with E-state index in [2.05, 4.69) is 25.0 Å². The van der Waals surface area contributed by atoms with Crippen LogP contribution >= 0.6 is 24.0 Å². The van der Waals surface area contributed by atoms with Crippen LogP contribution in [0, 0.1) is 5.82 Å². The Hall–Kier alpha value is -1.17. The zero-order valence-corrected chi connectivity index (χ0v) is 21.8. The van der Waals surface area contributed by atoms with E-state index in [9.17, 15) is 4.39 Å². The van der Waals surface area contributed by atoms with Crippen molar-refractivity contribution in [2.24, 2.45) is 4.99 Å².